The Labute approximate surface area is 181 Å². The van der Waals surface area contributed by atoms with Crippen LogP contribution in [0.3, 0.4) is 0 Å². The summed E-state index contributed by atoms with van der Waals surface area (Å²) in [6.45, 7) is 3.84. The number of amides is 1. The maximum absolute atomic E-state index is 13.7. The summed E-state index contributed by atoms with van der Waals surface area (Å²) in [5, 5.41) is 10.2. The van der Waals surface area contributed by atoms with Crippen molar-refractivity contribution in [3.05, 3.63) is 40.9 Å². The van der Waals surface area contributed by atoms with Crippen LogP contribution in [-0.4, -0.2) is 59.4 Å². The second-order valence-corrected chi connectivity index (χ2v) is 10.7. The van der Waals surface area contributed by atoms with Crippen molar-refractivity contribution in [2.24, 2.45) is 5.92 Å². The average Bonchev–Trinajstić information content (AvgIpc) is 3.08. The van der Waals surface area contributed by atoms with E-state index in [2.05, 4.69) is 6.58 Å². The molecule has 3 fully saturated rings. The van der Waals surface area contributed by atoms with Gasteiger partial charge in [0.1, 0.15) is 6.04 Å². The lowest BCUT2D eigenvalue weighted by Crippen LogP contribution is -2.55. The normalized spacial score (nSPS) is 32.7. The second-order valence-electron chi connectivity index (χ2n) is 7.99. The van der Waals surface area contributed by atoms with Crippen LogP contribution in [0.4, 0.5) is 0 Å². The number of aliphatic hydroxyl groups excluding tert-OH is 1. The van der Waals surface area contributed by atoms with Gasteiger partial charge in [0.05, 0.1) is 17.5 Å². The van der Waals surface area contributed by atoms with E-state index in [0.717, 1.165) is 12.8 Å². The zero-order valence-corrected chi connectivity index (χ0v) is 18.2. The Morgan fingerprint density at radius 3 is 2.41 bits per heavy atom. The SMILES string of the molecule is C=C[C@H]1[C@@H]2CC[C@@H](CO)N2C(=O)C2CCC[C@@H]1N2S(=O)(=O)c1cc(Cl)cc(Cl)c1. The Morgan fingerprint density at radius 2 is 1.79 bits per heavy atom. The first-order valence-corrected chi connectivity index (χ1v) is 12.0. The van der Waals surface area contributed by atoms with E-state index in [1.807, 2.05) is 0 Å². The van der Waals surface area contributed by atoms with E-state index in [0.29, 0.717) is 19.3 Å². The molecule has 5 atom stereocenters. The summed E-state index contributed by atoms with van der Waals surface area (Å²) in [6, 6.07) is 2.63. The average molecular weight is 459 g/mol. The minimum atomic E-state index is -4.01. The van der Waals surface area contributed by atoms with Gasteiger partial charge in [0, 0.05) is 28.0 Å². The van der Waals surface area contributed by atoms with Crippen molar-refractivity contribution in [2.45, 2.75) is 61.2 Å². The molecule has 29 heavy (non-hydrogen) atoms. The fraction of sp³-hybridized carbons (Fsp3) is 0.550. The molecule has 158 valence electrons. The van der Waals surface area contributed by atoms with E-state index in [1.54, 1.807) is 11.0 Å². The van der Waals surface area contributed by atoms with Crippen molar-refractivity contribution >= 4 is 39.1 Å². The maximum Gasteiger partial charge on any atom is 0.244 e. The molecule has 1 aromatic carbocycles. The molecule has 1 unspecified atom stereocenters. The van der Waals surface area contributed by atoms with E-state index in [-0.39, 0.29) is 51.5 Å². The predicted molar refractivity (Wildman–Crippen MR) is 111 cm³/mol. The molecule has 3 aliphatic rings. The van der Waals surface area contributed by atoms with Gasteiger partial charge >= 0.3 is 0 Å². The number of fused-ring (bicyclic) bond motifs is 3. The maximum atomic E-state index is 13.7. The first-order chi connectivity index (χ1) is 13.8. The summed E-state index contributed by atoms with van der Waals surface area (Å²) in [6.07, 6.45) is 5.09. The first-order valence-electron chi connectivity index (χ1n) is 9.84. The summed E-state index contributed by atoms with van der Waals surface area (Å²) in [5.41, 5.74) is 0. The number of hydrogen-bond donors (Lipinski definition) is 1. The third kappa shape index (κ3) is 3.41. The number of piperidine rings is 1. The topological polar surface area (TPSA) is 77.9 Å². The molecule has 1 aromatic rings. The number of hydrogen-bond acceptors (Lipinski definition) is 4. The Balaban J connectivity index is 1.85. The van der Waals surface area contributed by atoms with Crippen molar-refractivity contribution in [1.29, 1.82) is 0 Å². The van der Waals surface area contributed by atoms with Gasteiger partial charge in [0.15, 0.2) is 0 Å². The highest BCUT2D eigenvalue weighted by molar-refractivity contribution is 7.89. The third-order valence-corrected chi connectivity index (χ3v) is 8.83. The van der Waals surface area contributed by atoms with Crippen molar-refractivity contribution in [1.82, 2.24) is 9.21 Å². The summed E-state index contributed by atoms with van der Waals surface area (Å²) < 4.78 is 28.8. The van der Waals surface area contributed by atoms with Crippen molar-refractivity contribution in [3.8, 4) is 0 Å². The van der Waals surface area contributed by atoms with Gasteiger partial charge in [-0.1, -0.05) is 29.3 Å². The van der Waals surface area contributed by atoms with Gasteiger partial charge in [0.2, 0.25) is 15.9 Å². The van der Waals surface area contributed by atoms with Crippen LogP contribution < -0.4 is 0 Å². The minimum Gasteiger partial charge on any atom is -0.394 e. The summed E-state index contributed by atoms with van der Waals surface area (Å²) >= 11 is 12.1. The van der Waals surface area contributed by atoms with Crippen molar-refractivity contribution in [2.75, 3.05) is 6.61 Å². The Morgan fingerprint density at radius 1 is 1.10 bits per heavy atom. The van der Waals surface area contributed by atoms with Crippen LogP contribution in [0.1, 0.15) is 32.1 Å². The zero-order valence-electron chi connectivity index (χ0n) is 15.9. The van der Waals surface area contributed by atoms with Crippen LogP contribution >= 0.6 is 23.2 Å². The Bertz CT molecular complexity index is 918. The molecule has 9 heteroatoms. The molecule has 2 bridgehead atoms. The Hall–Kier alpha value is -1.12. The molecular formula is C20H24Cl2N2O4S. The molecule has 3 heterocycles. The highest BCUT2D eigenvalue weighted by atomic mass is 35.5. The zero-order chi connectivity index (χ0) is 20.9. The molecular weight excluding hydrogens is 435 g/mol. The summed E-state index contributed by atoms with van der Waals surface area (Å²) in [5.74, 6) is -0.428. The Kier molecular flexibility index (Phi) is 5.72. The third-order valence-electron chi connectivity index (χ3n) is 6.48. The number of nitrogens with zero attached hydrogens (tertiary/aromatic N) is 2. The molecule has 6 nitrogen and oxygen atoms in total. The molecule has 0 spiro atoms. The lowest BCUT2D eigenvalue weighted by Gasteiger charge is -2.40. The molecule has 1 N–H and O–H groups in total. The standard InChI is InChI=1S/C20H24Cl2N2O4S/c1-2-16-17-7-6-14(11-25)23(17)20(26)19-5-3-4-18(16)24(19)29(27,28)15-9-12(21)8-13(22)10-15/h2,8-10,14,16-19,25H,1,3-7,11H2/t14-,16-,17-,18-,19?/m0/s1. The predicted octanol–water partition coefficient (Wildman–Crippen LogP) is 3.07. The molecule has 3 aliphatic heterocycles. The number of aliphatic hydroxyl groups is 1. The summed E-state index contributed by atoms with van der Waals surface area (Å²) in [7, 11) is -4.01. The largest absolute Gasteiger partial charge is 0.394 e. The summed E-state index contributed by atoms with van der Waals surface area (Å²) in [4.78, 5) is 15.2. The smallest absolute Gasteiger partial charge is 0.244 e. The number of halogens is 2. The van der Waals surface area contributed by atoms with Gasteiger partial charge in [-0.25, -0.2) is 8.42 Å². The van der Waals surface area contributed by atoms with E-state index in [1.165, 1.54) is 22.5 Å². The van der Waals surface area contributed by atoms with Gasteiger partial charge in [-0.3, -0.25) is 4.79 Å². The minimum absolute atomic E-state index is 0.0109. The van der Waals surface area contributed by atoms with Crippen LogP contribution in [0.2, 0.25) is 10.0 Å². The lowest BCUT2D eigenvalue weighted by molar-refractivity contribution is -0.138. The number of carbonyl (C=O) groups excluding carboxylic acids is 1. The fourth-order valence-corrected chi connectivity index (χ4v) is 7.88. The van der Waals surface area contributed by atoms with Crippen LogP contribution in [-0.2, 0) is 14.8 Å². The molecule has 0 aromatic heterocycles. The van der Waals surface area contributed by atoms with Gasteiger partial charge in [0.25, 0.3) is 0 Å². The van der Waals surface area contributed by atoms with Crippen molar-refractivity contribution < 1.29 is 18.3 Å². The fourth-order valence-electron chi connectivity index (χ4n) is 5.30. The van der Waals surface area contributed by atoms with Crippen LogP contribution in [0.25, 0.3) is 0 Å². The number of sulfonamides is 1. The molecule has 0 saturated carbocycles. The van der Waals surface area contributed by atoms with E-state index in [4.69, 9.17) is 23.2 Å². The quantitative estimate of drug-likeness (QED) is 0.703. The second kappa shape index (κ2) is 7.85. The van der Waals surface area contributed by atoms with E-state index >= 15 is 0 Å². The van der Waals surface area contributed by atoms with E-state index < -0.39 is 16.1 Å². The van der Waals surface area contributed by atoms with Gasteiger partial charge in [-0.15, -0.1) is 6.58 Å². The van der Waals surface area contributed by atoms with Gasteiger partial charge < -0.3 is 10.0 Å². The first kappa shape index (κ1) is 21.1. The van der Waals surface area contributed by atoms with Crippen LogP contribution in [0.5, 0.6) is 0 Å². The molecule has 3 saturated heterocycles. The molecule has 0 aliphatic carbocycles. The highest BCUT2D eigenvalue weighted by Crippen LogP contribution is 2.44. The molecule has 4 rings (SSSR count). The number of rotatable bonds is 4. The molecule has 0 radical (unpaired) electrons. The van der Waals surface area contributed by atoms with Gasteiger partial charge in [-0.05, 0) is 50.3 Å². The van der Waals surface area contributed by atoms with E-state index in [9.17, 15) is 18.3 Å². The lowest BCUT2D eigenvalue weighted by atomic mass is 9.85. The van der Waals surface area contributed by atoms with Crippen LogP contribution in [0.15, 0.2) is 35.7 Å². The number of benzene rings is 1. The molecule has 1 amide bonds. The van der Waals surface area contributed by atoms with Gasteiger partial charge in [-0.2, -0.15) is 4.31 Å². The number of carbonyl (C=O) groups is 1. The van der Waals surface area contributed by atoms with Crippen molar-refractivity contribution in [3.63, 3.8) is 0 Å². The highest BCUT2D eigenvalue weighted by Gasteiger charge is 2.55. The van der Waals surface area contributed by atoms with Crippen LogP contribution in [0, 0.1) is 5.92 Å². The monoisotopic (exact) mass is 458 g/mol.